The maximum absolute atomic E-state index is 13.2. The molecule has 0 saturated carbocycles. The molecule has 1 unspecified atom stereocenters. The molecule has 1 aromatic rings. The van der Waals surface area contributed by atoms with Crippen molar-refractivity contribution in [3.05, 3.63) is 34.1 Å². The monoisotopic (exact) mass is 289 g/mol. The molecule has 1 atom stereocenters. The molecule has 0 saturated heterocycles. The molecular weight excluding hydrogens is 273 g/mol. The van der Waals surface area contributed by atoms with Crippen molar-refractivity contribution in [3.8, 4) is 0 Å². The van der Waals surface area contributed by atoms with E-state index in [1.165, 1.54) is 6.07 Å². The van der Waals surface area contributed by atoms with E-state index >= 15 is 0 Å². The minimum atomic E-state index is -0.203. The van der Waals surface area contributed by atoms with Gasteiger partial charge < -0.3 is 10.1 Å². The smallest absolute Gasteiger partial charge is 0.124 e. The zero-order valence-corrected chi connectivity index (χ0v) is 11.2. The summed E-state index contributed by atoms with van der Waals surface area (Å²) in [5, 5.41) is 3.21. The second-order valence-corrected chi connectivity index (χ2v) is 4.66. The normalized spacial score (nSPS) is 12.8. The van der Waals surface area contributed by atoms with E-state index in [-0.39, 0.29) is 5.82 Å². The third kappa shape index (κ3) is 4.60. The Morgan fingerprint density at radius 1 is 1.44 bits per heavy atom. The van der Waals surface area contributed by atoms with Gasteiger partial charge in [-0.3, -0.25) is 0 Å². The highest BCUT2D eigenvalue weighted by Crippen LogP contribution is 2.16. The van der Waals surface area contributed by atoms with Crippen molar-refractivity contribution in [1.29, 1.82) is 0 Å². The number of halogens is 2. The maximum atomic E-state index is 13.2. The van der Waals surface area contributed by atoms with Crippen LogP contribution in [0.2, 0.25) is 0 Å². The predicted molar refractivity (Wildman–Crippen MR) is 67.1 cm³/mol. The van der Waals surface area contributed by atoms with E-state index in [4.69, 9.17) is 4.74 Å². The van der Waals surface area contributed by atoms with Crippen LogP contribution in [-0.2, 0) is 11.2 Å². The van der Waals surface area contributed by atoms with Crippen LogP contribution in [-0.4, -0.2) is 26.8 Å². The molecule has 0 spiro atoms. The maximum Gasteiger partial charge on any atom is 0.124 e. The molecule has 1 rings (SSSR count). The van der Waals surface area contributed by atoms with Gasteiger partial charge in [0, 0.05) is 24.2 Å². The number of hydrogen-bond acceptors (Lipinski definition) is 2. The Labute approximate surface area is 104 Å². The van der Waals surface area contributed by atoms with Crippen LogP contribution in [0.15, 0.2) is 22.7 Å². The molecule has 2 nitrogen and oxygen atoms in total. The fraction of sp³-hybridized carbons (Fsp3) is 0.500. The largest absolute Gasteiger partial charge is 0.385 e. The highest BCUT2D eigenvalue weighted by atomic mass is 79.9. The zero-order valence-electron chi connectivity index (χ0n) is 9.59. The summed E-state index contributed by atoms with van der Waals surface area (Å²) in [5.74, 6) is -0.203. The first-order valence-electron chi connectivity index (χ1n) is 5.27. The van der Waals surface area contributed by atoms with Crippen LogP contribution in [0.3, 0.4) is 0 Å². The van der Waals surface area contributed by atoms with Gasteiger partial charge in [0.05, 0.1) is 0 Å². The first-order valence-corrected chi connectivity index (χ1v) is 6.06. The molecule has 4 heteroatoms. The van der Waals surface area contributed by atoms with Gasteiger partial charge in [0.2, 0.25) is 0 Å². The van der Waals surface area contributed by atoms with Crippen LogP contribution >= 0.6 is 15.9 Å². The Morgan fingerprint density at radius 2 is 2.19 bits per heavy atom. The van der Waals surface area contributed by atoms with Crippen LogP contribution in [0.5, 0.6) is 0 Å². The van der Waals surface area contributed by atoms with Crippen molar-refractivity contribution < 1.29 is 9.13 Å². The minimum absolute atomic E-state index is 0.203. The lowest BCUT2D eigenvalue weighted by atomic mass is 10.0. The third-order valence-electron chi connectivity index (χ3n) is 2.48. The highest BCUT2D eigenvalue weighted by molar-refractivity contribution is 9.10. The fourth-order valence-electron chi connectivity index (χ4n) is 1.62. The van der Waals surface area contributed by atoms with Crippen molar-refractivity contribution >= 4 is 15.9 Å². The molecule has 90 valence electrons. The zero-order chi connectivity index (χ0) is 12.0. The Morgan fingerprint density at radius 3 is 2.75 bits per heavy atom. The average Bonchev–Trinajstić information content (AvgIpc) is 2.22. The van der Waals surface area contributed by atoms with E-state index in [9.17, 15) is 4.39 Å². The molecule has 16 heavy (non-hydrogen) atoms. The van der Waals surface area contributed by atoms with Crippen LogP contribution in [0.1, 0.15) is 12.0 Å². The minimum Gasteiger partial charge on any atom is -0.385 e. The molecule has 0 amide bonds. The molecule has 1 N–H and O–H groups in total. The van der Waals surface area contributed by atoms with Crippen molar-refractivity contribution in [2.75, 3.05) is 20.8 Å². The van der Waals surface area contributed by atoms with Gasteiger partial charge in [0.1, 0.15) is 5.82 Å². The van der Waals surface area contributed by atoms with Gasteiger partial charge in [-0.25, -0.2) is 4.39 Å². The third-order valence-corrected chi connectivity index (χ3v) is 2.94. The second-order valence-electron chi connectivity index (χ2n) is 3.75. The van der Waals surface area contributed by atoms with Crippen molar-refractivity contribution in [1.82, 2.24) is 5.32 Å². The number of likely N-dealkylation sites (N-methyl/N-ethyl adjacent to an activating group) is 1. The van der Waals surface area contributed by atoms with Gasteiger partial charge >= 0.3 is 0 Å². The lowest BCUT2D eigenvalue weighted by Crippen LogP contribution is -2.28. The summed E-state index contributed by atoms with van der Waals surface area (Å²) in [6.07, 6.45) is 1.72. The van der Waals surface area contributed by atoms with Gasteiger partial charge in [0.15, 0.2) is 0 Å². The Balaban J connectivity index is 2.62. The number of ether oxygens (including phenoxy) is 1. The molecule has 1 aromatic carbocycles. The number of nitrogens with one attached hydrogen (secondary N) is 1. The Bertz CT molecular complexity index is 313. The molecule has 0 aliphatic carbocycles. The number of benzene rings is 1. The predicted octanol–water partition coefficient (Wildman–Crippen LogP) is 2.76. The van der Waals surface area contributed by atoms with E-state index in [1.54, 1.807) is 13.2 Å². The average molecular weight is 290 g/mol. The molecule has 0 fully saturated rings. The van der Waals surface area contributed by atoms with Gasteiger partial charge in [0.25, 0.3) is 0 Å². The summed E-state index contributed by atoms with van der Waals surface area (Å²) in [4.78, 5) is 0. The molecule has 0 heterocycles. The summed E-state index contributed by atoms with van der Waals surface area (Å²) in [5.41, 5.74) is 0.988. The first kappa shape index (κ1) is 13.6. The van der Waals surface area contributed by atoms with Crippen LogP contribution in [0.4, 0.5) is 4.39 Å². The van der Waals surface area contributed by atoms with E-state index in [0.29, 0.717) is 12.6 Å². The van der Waals surface area contributed by atoms with Gasteiger partial charge in [-0.1, -0.05) is 15.9 Å². The molecular formula is C12H17BrFNO. The topological polar surface area (TPSA) is 21.3 Å². The quantitative estimate of drug-likeness (QED) is 0.870. The molecule has 0 aliphatic heterocycles. The summed E-state index contributed by atoms with van der Waals surface area (Å²) < 4.78 is 19.0. The van der Waals surface area contributed by atoms with Gasteiger partial charge in [-0.15, -0.1) is 0 Å². The lowest BCUT2D eigenvalue weighted by molar-refractivity contribution is 0.184. The summed E-state index contributed by atoms with van der Waals surface area (Å²) >= 11 is 3.29. The van der Waals surface area contributed by atoms with Gasteiger partial charge in [-0.05, 0) is 43.7 Å². The molecule has 0 bridgehead atoms. The number of methoxy groups -OCH3 is 1. The summed E-state index contributed by atoms with van der Waals surface area (Å²) in [6, 6.07) is 5.29. The van der Waals surface area contributed by atoms with Crippen LogP contribution in [0, 0.1) is 5.82 Å². The van der Waals surface area contributed by atoms with Crippen molar-refractivity contribution in [2.24, 2.45) is 0 Å². The number of rotatable bonds is 6. The lowest BCUT2D eigenvalue weighted by Gasteiger charge is -2.15. The van der Waals surface area contributed by atoms with Crippen LogP contribution < -0.4 is 5.32 Å². The standard InChI is InChI=1S/C12H17BrFNO/c1-15-12(3-4-16-2)7-9-5-10(13)8-11(14)6-9/h5-6,8,12,15H,3-4,7H2,1-2H3. The second kappa shape index (κ2) is 6.99. The Kier molecular flexibility index (Phi) is 5.95. The van der Waals surface area contributed by atoms with Gasteiger partial charge in [-0.2, -0.15) is 0 Å². The molecule has 0 aliphatic rings. The van der Waals surface area contributed by atoms with E-state index in [0.717, 1.165) is 22.9 Å². The van der Waals surface area contributed by atoms with E-state index in [1.807, 2.05) is 13.1 Å². The molecule has 0 radical (unpaired) electrons. The van der Waals surface area contributed by atoms with Crippen molar-refractivity contribution in [2.45, 2.75) is 18.9 Å². The summed E-state index contributed by atoms with van der Waals surface area (Å²) in [6.45, 7) is 0.710. The SMILES string of the molecule is CNC(CCOC)Cc1cc(F)cc(Br)c1. The Hall–Kier alpha value is -0.450. The van der Waals surface area contributed by atoms with Crippen LogP contribution in [0.25, 0.3) is 0 Å². The first-order chi connectivity index (χ1) is 7.65. The highest BCUT2D eigenvalue weighted by Gasteiger charge is 2.08. The fourth-order valence-corrected chi connectivity index (χ4v) is 2.13. The number of hydrogen-bond donors (Lipinski definition) is 1. The summed E-state index contributed by atoms with van der Waals surface area (Å²) in [7, 11) is 3.60. The van der Waals surface area contributed by atoms with E-state index < -0.39 is 0 Å². The molecule has 0 aromatic heterocycles. The van der Waals surface area contributed by atoms with E-state index in [2.05, 4.69) is 21.2 Å². The van der Waals surface area contributed by atoms with Crippen molar-refractivity contribution in [3.63, 3.8) is 0 Å².